The van der Waals surface area contributed by atoms with E-state index in [9.17, 15) is 24.6 Å². The molecule has 0 bridgehead atoms. The summed E-state index contributed by atoms with van der Waals surface area (Å²) in [7, 11) is 0. The van der Waals surface area contributed by atoms with Crippen molar-refractivity contribution in [3.8, 4) is 11.5 Å². The van der Waals surface area contributed by atoms with Crippen LogP contribution < -0.4 is 26.0 Å². The SMILES string of the molecule is Cc1ccccc1NC(=O)N[C@@H](CNC(=O)c1ccc(OCCNc2ncccn2)cc1O)C(=O)O. The summed E-state index contributed by atoms with van der Waals surface area (Å²) in [5.41, 5.74) is 1.25. The molecular formula is C24H26N6O6. The van der Waals surface area contributed by atoms with E-state index < -0.39 is 30.5 Å². The molecule has 0 fully saturated rings. The summed E-state index contributed by atoms with van der Waals surface area (Å²) < 4.78 is 5.53. The number of carboxylic acids is 1. The number of ether oxygens (including phenoxy) is 1. The van der Waals surface area contributed by atoms with Gasteiger partial charge in [-0.05, 0) is 36.8 Å². The van der Waals surface area contributed by atoms with Gasteiger partial charge in [0.05, 0.1) is 12.1 Å². The summed E-state index contributed by atoms with van der Waals surface area (Å²) in [6.07, 6.45) is 3.21. The van der Waals surface area contributed by atoms with E-state index in [-0.39, 0.29) is 17.9 Å². The number of carboxylic acid groups (broad SMARTS) is 1. The maximum atomic E-state index is 12.5. The van der Waals surface area contributed by atoms with Crippen molar-refractivity contribution in [3.05, 3.63) is 72.1 Å². The van der Waals surface area contributed by atoms with Crippen LogP contribution in [0.5, 0.6) is 11.5 Å². The second-order valence-corrected chi connectivity index (χ2v) is 7.54. The first-order valence-electron chi connectivity index (χ1n) is 10.9. The molecule has 1 heterocycles. The minimum atomic E-state index is -1.40. The summed E-state index contributed by atoms with van der Waals surface area (Å²) in [6.45, 7) is 2.05. The minimum Gasteiger partial charge on any atom is -0.507 e. The molecule has 6 N–H and O–H groups in total. The Bertz CT molecular complexity index is 1210. The van der Waals surface area contributed by atoms with Gasteiger partial charge in [-0.3, -0.25) is 4.79 Å². The summed E-state index contributed by atoms with van der Waals surface area (Å²) in [6, 6.07) is 10.7. The highest BCUT2D eigenvalue weighted by atomic mass is 16.5. The van der Waals surface area contributed by atoms with Crippen molar-refractivity contribution in [2.45, 2.75) is 13.0 Å². The zero-order chi connectivity index (χ0) is 25.9. The minimum absolute atomic E-state index is 0.0772. The second kappa shape index (κ2) is 12.6. The molecule has 3 rings (SSSR count). The molecule has 188 valence electrons. The van der Waals surface area contributed by atoms with E-state index in [4.69, 9.17) is 4.74 Å². The molecule has 1 aromatic heterocycles. The molecule has 0 saturated heterocycles. The number of carbonyl (C=O) groups is 3. The van der Waals surface area contributed by atoms with Gasteiger partial charge in [-0.25, -0.2) is 19.6 Å². The van der Waals surface area contributed by atoms with Crippen LogP contribution in [0.3, 0.4) is 0 Å². The number of aryl methyl sites for hydroxylation is 1. The molecule has 0 radical (unpaired) electrons. The molecule has 3 aromatic rings. The predicted molar refractivity (Wildman–Crippen MR) is 131 cm³/mol. The number of phenols is 1. The van der Waals surface area contributed by atoms with Crippen LogP contribution in [-0.2, 0) is 4.79 Å². The molecule has 12 nitrogen and oxygen atoms in total. The highest BCUT2D eigenvalue weighted by molar-refractivity contribution is 5.97. The van der Waals surface area contributed by atoms with Crippen LogP contribution in [0, 0.1) is 6.92 Å². The fraction of sp³-hybridized carbons (Fsp3) is 0.208. The van der Waals surface area contributed by atoms with Gasteiger partial charge in [0.2, 0.25) is 5.95 Å². The summed E-state index contributed by atoms with van der Waals surface area (Å²) in [5.74, 6) is -1.61. The largest absolute Gasteiger partial charge is 0.507 e. The van der Waals surface area contributed by atoms with Crippen LogP contribution in [0.25, 0.3) is 0 Å². The first kappa shape index (κ1) is 25.7. The Morgan fingerprint density at radius 3 is 2.50 bits per heavy atom. The van der Waals surface area contributed by atoms with Crippen molar-refractivity contribution in [3.63, 3.8) is 0 Å². The second-order valence-electron chi connectivity index (χ2n) is 7.54. The molecular weight excluding hydrogens is 468 g/mol. The number of hydrogen-bond acceptors (Lipinski definition) is 8. The lowest BCUT2D eigenvalue weighted by Crippen LogP contribution is -2.49. The van der Waals surface area contributed by atoms with Gasteiger partial charge < -0.3 is 36.2 Å². The number of amides is 3. The van der Waals surface area contributed by atoms with Crippen LogP contribution in [0.2, 0.25) is 0 Å². The first-order chi connectivity index (χ1) is 17.3. The zero-order valence-electron chi connectivity index (χ0n) is 19.4. The van der Waals surface area contributed by atoms with Gasteiger partial charge in [0.15, 0.2) is 0 Å². The maximum absolute atomic E-state index is 12.5. The van der Waals surface area contributed by atoms with E-state index in [0.717, 1.165) is 5.56 Å². The molecule has 2 aromatic carbocycles. The third kappa shape index (κ3) is 7.58. The lowest BCUT2D eigenvalue weighted by atomic mass is 10.1. The smallest absolute Gasteiger partial charge is 0.328 e. The Morgan fingerprint density at radius 1 is 1.06 bits per heavy atom. The third-order valence-electron chi connectivity index (χ3n) is 4.90. The number of nitrogens with zero attached hydrogens (tertiary/aromatic N) is 2. The number of aliphatic carboxylic acids is 1. The molecule has 0 aliphatic carbocycles. The number of aromatic nitrogens is 2. The standard InChI is InChI=1S/C24H26N6O6/c1-15-5-2-3-6-18(15)29-24(35)30-19(22(33)34)14-28-21(32)17-8-7-16(13-20(17)31)36-12-11-27-23-25-9-4-10-26-23/h2-10,13,19,31H,11-12,14H2,1H3,(H,28,32)(H,33,34)(H,25,26,27)(H2,29,30,35)/t19-/m0/s1. The molecule has 12 heteroatoms. The third-order valence-corrected chi connectivity index (χ3v) is 4.90. The van der Waals surface area contributed by atoms with E-state index >= 15 is 0 Å². The summed E-state index contributed by atoms with van der Waals surface area (Å²) >= 11 is 0. The van der Waals surface area contributed by atoms with Gasteiger partial charge in [0.25, 0.3) is 5.91 Å². The quantitative estimate of drug-likeness (QED) is 0.218. The number of aromatic hydroxyl groups is 1. The Morgan fingerprint density at radius 2 is 1.81 bits per heavy atom. The van der Waals surface area contributed by atoms with Gasteiger partial charge in [-0.2, -0.15) is 0 Å². The number of urea groups is 1. The molecule has 0 saturated carbocycles. The monoisotopic (exact) mass is 494 g/mol. The lowest BCUT2D eigenvalue weighted by Gasteiger charge is -2.17. The number of rotatable bonds is 11. The van der Waals surface area contributed by atoms with Crippen molar-refractivity contribution in [2.75, 3.05) is 30.3 Å². The van der Waals surface area contributed by atoms with Crippen molar-refractivity contribution in [2.24, 2.45) is 0 Å². The van der Waals surface area contributed by atoms with Crippen LogP contribution in [-0.4, -0.2) is 63.8 Å². The van der Waals surface area contributed by atoms with Gasteiger partial charge in [0.1, 0.15) is 24.1 Å². The number of phenolic OH excluding ortho intramolecular Hbond substituents is 1. The van der Waals surface area contributed by atoms with Crippen molar-refractivity contribution in [1.29, 1.82) is 0 Å². The maximum Gasteiger partial charge on any atom is 0.328 e. The van der Waals surface area contributed by atoms with Crippen LogP contribution in [0.4, 0.5) is 16.4 Å². The molecule has 0 unspecified atom stereocenters. The molecule has 1 atom stereocenters. The Balaban J connectivity index is 1.48. The van der Waals surface area contributed by atoms with Crippen molar-refractivity contribution in [1.82, 2.24) is 20.6 Å². The van der Waals surface area contributed by atoms with Crippen LogP contribution >= 0.6 is 0 Å². The number of hydrogen-bond donors (Lipinski definition) is 6. The molecule has 0 aliphatic heterocycles. The molecule has 3 amide bonds. The highest BCUT2D eigenvalue weighted by Crippen LogP contribution is 2.23. The molecule has 0 aliphatic rings. The number of anilines is 2. The first-order valence-corrected chi connectivity index (χ1v) is 10.9. The van der Waals surface area contributed by atoms with E-state index in [1.165, 1.54) is 18.2 Å². The Kier molecular flexibility index (Phi) is 8.98. The molecule has 0 spiro atoms. The number of benzene rings is 2. The highest BCUT2D eigenvalue weighted by Gasteiger charge is 2.22. The van der Waals surface area contributed by atoms with Crippen molar-refractivity contribution >= 4 is 29.5 Å². The summed E-state index contributed by atoms with van der Waals surface area (Å²) in [4.78, 5) is 44.3. The van der Waals surface area contributed by atoms with E-state index in [2.05, 4.69) is 31.2 Å². The van der Waals surface area contributed by atoms with Crippen LogP contribution in [0.15, 0.2) is 60.9 Å². The number of carbonyl (C=O) groups excluding carboxylic acids is 2. The van der Waals surface area contributed by atoms with Gasteiger partial charge in [0, 0.05) is 30.7 Å². The average Bonchev–Trinajstić information content (AvgIpc) is 2.86. The van der Waals surface area contributed by atoms with Gasteiger partial charge >= 0.3 is 12.0 Å². The van der Waals surface area contributed by atoms with Crippen molar-refractivity contribution < 1.29 is 29.3 Å². The van der Waals surface area contributed by atoms with E-state index in [0.29, 0.717) is 23.9 Å². The zero-order valence-corrected chi connectivity index (χ0v) is 19.4. The molecule has 36 heavy (non-hydrogen) atoms. The number of para-hydroxylation sites is 1. The van der Waals surface area contributed by atoms with Gasteiger partial charge in [-0.15, -0.1) is 0 Å². The lowest BCUT2D eigenvalue weighted by molar-refractivity contribution is -0.138. The predicted octanol–water partition coefficient (Wildman–Crippen LogP) is 1.99. The van der Waals surface area contributed by atoms with E-state index in [1.54, 1.807) is 49.6 Å². The normalized spacial score (nSPS) is 11.1. The Hall–Kier alpha value is -4.87. The Labute approximate surface area is 206 Å². The summed E-state index contributed by atoms with van der Waals surface area (Å²) in [5, 5.41) is 29.9. The fourth-order valence-corrected chi connectivity index (χ4v) is 3.04. The fourth-order valence-electron chi connectivity index (χ4n) is 3.04. The van der Waals surface area contributed by atoms with E-state index in [1.807, 2.05) is 0 Å². The number of nitrogens with one attached hydrogen (secondary N) is 4. The van der Waals surface area contributed by atoms with Gasteiger partial charge in [-0.1, -0.05) is 18.2 Å². The van der Waals surface area contributed by atoms with Crippen LogP contribution in [0.1, 0.15) is 15.9 Å². The average molecular weight is 495 g/mol. The topological polar surface area (TPSA) is 175 Å².